The average Bonchev–Trinajstić information content (AvgIpc) is 2.37. The molecular formula is C13H11NaO6S. The summed E-state index contributed by atoms with van der Waals surface area (Å²) in [4.78, 5) is 11.3. The van der Waals surface area contributed by atoms with Crippen LogP contribution in [0.1, 0.15) is 15.9 Å². The third-order valence-electron chi connectivity index (χ3n) is 2.64. The molecule has 6 nitrogen and oxygen atoms in total. The molecular weight excluding hydrogens is 307 g/mol. The van der Waals surface area contributed by atoms with Gasteiger partial charge in [-0.3, -0.25) is 9.35 Å². The third kappa shape index (κ3) is 3.84. The fraction of sp³-hybridized carbons (Fsp3) is 0. The van der Waals surface area contributed by atoms with Crippen LogP contribution < -0.4 is 0 Å². The minimum absolute atomic E-state index is 0. The molecule has 2 rings (SSSR count). The molecule has 8 heteroatoms. The Balaban J connectivity index is 0.00000220. The second-order valence-electron chi connectivity index (χ2n) is 4.01. The number of hydrogen-bond donors (Lipinski definition) is 3. The maximum absolute atomic E-state index is 12.1. The van der Waals surface area contributed by atoms with Crippen molar-refractivity contribution in [3.63, 3.8) is 0 Å². The molecule has 0 aliphatic carbocycles. The van der Waals surface area contributed by atoms with Crippen molar-refractivity contribution in [3.8, 4) is 11.5 Å². The molecule has 0 saturated heterocycles. The molecule has 2 aromatic rings. The van der Waals surface area contributed by atoms with E-state index < -0.39 is 32.3 Å². The van der Waals surface area contributed by atoms with Gasteiger partial charge in [-0.2, -0.15) is 8.42 Å². The van der Waals surface area contributed by atoms with Gasteiger partial charge in [-0.05, 0) is 6.07 Å². The van der Waals surface area contributed by atoms with Crippen LogP contribution in [0.2, 0.25) is 0 Å². The Bertz CT molecular complexity index is 771. The summed E-state index contributed by atoms with van der Waals surface area (Å²) in [6.07, 6.45) is 0. The molecule has 3 N–H and O–H groups in total. The minimum atomic E-state index is -4.70. The number of ketones is 1. The van der Waals surface area contributed by atoms with Crippen LogP contribution in [0.5, 0.6) is 11.5 Å². The number of carbonyl (C=O) groups is 1. The van der Waals surface area contributed by atoms with Crippen LogP contribution >= 0.6 is 0 Å². The molecule has 0 unspecified atom stereocenters. The van der Waals surface area contributed by atoms with Crippen molar-refractivity contribution in [2.75, 3.05) is 0 Å². The predicted molar refractivity (Wildman–Crippen MR) is 76.6 cm³/mol. The van der Waals surface area contributed by atoms with Gasteiger partial charge in [0.25, 0.3) is 10.1 Å². The summed E-state index contributed by atoms with van der Waals surface area (Å²) in [5.41, 5.74) is -0.101. The van der Waals surface area contributed by atoms with Gasteiger partial charge in [0.1, 0.15) is 16.4 Å². The van der Waals surface area contributed by atoms with Crippen molar-refractivity contribution in [2.45, 2.75) is 4.90 Å². The second-order valence-corrected chi connectivity index (χ2v) is 5.40. The van der Waals surface area contributed by atoms with Crippen LogP contribution in [-0.4, -0.2) is 58.5 Å². The molecule has 0 heterocycles. The van der Waals surface area contributed by atoms with Gasteiger partial charge in [-0.15, -0.1) is 0 Å². The Kier molecular flexibility index (Phi) is 5.54. The van der Waals surface area contributed by atoms with Crippen LogP contribution in [0.4, 0.5) is 0 Å². The van der Waals surface area contributed by atoms with Crippen LogP contribution in [-0.2, 0) is 10.1 Å². The Labute approximate surface area is 143 Å². The van der Waals surface area contributed by atoms with Crippen molar-refractivity contribution < 1.29 is 28.0 Å². The van der Waals surface area contributed by atoms with E-state index in [4.69, 9.17) is 4.55 Å². The Morgan fingerprint density at radius 3 is 2.05 bits per heavy atom. The second kappa shape index (κ2) is 6.59. The molecule has 0 atom stereocenters. The summed E-state index contributed by atoms with van der Waals surface area (Å²) in [7, 11) is -4.70. The van der Waals surface area contributed by atoms with Gasteiger partial charge < -0.3 is 10.2 Å². The van der Waals surface area contributed by atoms with Gasteiger partial charge in [0, 0.05) is 11.6 Å². The molecule has 0 radical (unpaired) electrons. The zero-order valence-electron chi connectivity index (χ0n) is 10.0. The number of carbonyl (C=O) groups excluding carboxylic acids is 1. The number of phenolic OH excluding ortho intramolecular Hbond substituents is 2. The Morgan fingerprint density at radius 2 is 1.52 bits per heavy atom. The first-order chi connectivity index (χ1) is 9.30. The van der Waals surface area contributed by atoms with Crippen LogP contribution in [0, 0.1) is 0 Å². The van der Waals surface area contributed by atoms with Crippen molar-refractivity contribution >= 4 is 45.5 Å². The van der Waals surface area contributed by atoms with E-state index in [1.165, 1.54) is 12.1 Å². The fourth-order valence-electron chi connectivity index (χ4n) is 1.69. The molecule has 0 bridgehead atoms. The zero-order chi connectivity index (χ0) is 14.9. The molecule has 0 aliphatic heterocycles. The van der Waals surface area contributed by atoms with Gasteiger partial charge in [-0.25, -0.2) is 0 Å². The number of hydrogen-bond acceptors (Lipinski definition) is 5. The van der Waals surface area contributed by atoms with E-state index in [2.05, 4.69) is 0 Å². The molecule has 21 heavy (non-hydrogen) atoms. The predicted octanol–water partition coefficient (Wildman–Crippen LogP) is 0.927. The van der Waals surface area contributed by atoms with Crippen molar-refractivity contribution in [2.24, 2.45) is 0 Å². The summed E-state index contributed by atoms with van der Waals surface area (Å²) >= 11 is 0. The van der Waals surface area contributed by atoms with Crippen molar-refractivity contribution in [3.05, 3.63) is 53.6 Å². The SMILES string of the molecule is O=C(c1ccccc1)c1cc(S(=O)(=O)O)c(O)cc1O.[NaH]. The standard InChI is InChI=1S/C13H10O6S.Na.H/c14-10-7-11(15)12(20(17,18)19)6-9(10)13(16)8-4-2-1-3-5-8;;/h1-7,14-15H,(H,17,18,19);;. The molecule has 0 fully saturated rings. The summed E-state index contributed by atoms with van der Waals surface area (Å²) in [5, 5.41) is 19.0. The van der Waals surface area contributed by atoms with Crippen molar-refractivity contribution in [1.29, 1.82) is 0 Å². The third-order valence-corrected chi connectivity index (χ3v) is 3.52. The zero-order valence-corrected chi connectivity index (χ0v) is 10.8. The summed E-state index contributed by atoms with van der Waals surface area (Å²) in [6, 6.07) is 9.30. The van der Waals surface area contributed by atoms with E-state index in [0.717, 1.165) is 6.07 Å². The first kappa shape index (κ1) is 17.7. The topological polar surface area (TPSA) is 112 Å². The van der Waals surface area contributed by atoms with Crippen LogP contribution in [0.3, 0.4) is 0 Å². The number of rotatable bonds is 3. The van der Waals surface area contributed by atoms with E-state index in [9.17, 15) is 23.4 Å². The summed E-state index contributed by atoms with van der Waals surface area (Å²) in [5.74, 6) is -2.05. The molecule has 0 amide bonds. The number of phenols is 2. The van der Waals surface area contributed by atoms with Gasteiger partial charge in [0.2, 0.25) is 0 Å². The molecule has 0 aromatic heterocycles. The van der Waals surface area contributed by atoms with E-state index in [1.54, 1.807) is 18.2 Å². The summed E-state index contributed by atoms with van der Waals surface area (Å²) < 4.78 is 31.1. The Morgan fingerprint density at radius 1 is 0.952 bits per heavy atom. The number of benzene rings is 2. The summed E-state index contributed by atoms with van der Waals surface area (Å²) in [6.45, 7) is 0. The van der Waals surface area contributed by atoms with Gasteiger partial charge in [-0.1, -0.05) is 30.3 Å². The Hall–Kier alpha value is -1.38. The van der Waals surface area contributed by atoms with E-state index in [0.29, 0.717) is 6.07 Å². The van der Waals surface area contributed by atoms with E-state index in [1.807, 2.05) is 0 Å². The van der Waals surface area contributed by atoms with Crippen LogP contribution in [0.25, 0.3) is 0 Å². The van der Waals surface area contributed by atoms with Gasteiger partial charge in [0.05, 0.1) is 5.56 Å². The monoisotopic (exact) mass is 318 g/mol. The van der Waals surface area contributed by atoms with Crippen molar-refractivity contribution in [1.82, 2.24) is 0 Å². The molecule has 0 saturated carbocycles. The number of aromatic hydroxyl groups is 2. The van der Waals surface area contributed by atoms with Crippen LogP contribution in [0.15, 0.2) is 47.4 Å². The molecule has 106 valence electrons. The first-order valence-electron chi connectivity index (χ1n) is 5.44. The molecule has 0 aliphatic rings. The van der Waals surface area contributed by atoms with Gasteiger partial charge in [0.15, 0.2) is 5.78 Å². The average molecular weight is 318 g/mol. The van der Waals surface area contributed by atoms with Gasteiger partial charge >= 0.3 is 29.6 Å². The maximum atomic E-state index is 12.1. The van der Waals surface area contributed by atoms with E-state index >= 15 is 0 Å². The van der Waals surface area contributed by atoms with E-state index in [-0.39, 0.29) is 40.7 Å². The first-order valence-corrected chi connectivity index (χ1v) is 6.88. The normalized spacial score (nSPS) is 10.7. The molecule has 2 aromatic carbocycles. The molecule has 0 spiro atoms. The fourth-order valence-corrected chi connectivity index (χ4v) is 2.28. The quantitative estimate of drug-likeness (QED) is 0.441.